The summed E-state index contributed by atoms with van der Waals surface area (Å²) in [6, 6.07) is 4.03. The van der Waals surface area contributed by atoms with Gasteiger partial charge in [-0.3, -0.25) is 0 Å². The van der Waals surface area contributed by atoms with Crippen LogP contribution in [-0.2, 0) is 5.54 Å². The van der Waals surface area contributed by atoms with E-state index < -0.39 is 0 Å². The van der Waals surface area contributed by atoms with Crippen molar-refractivity contribution in [1.29, 1.82) is 0 Å². The summed E-state index contributed by atoms with van der Waals surface area (Å²) in [6.45, 7) is 3.85. The van der Waals surface area contributed by atoms with Crippen LogP contribution in [0.5, 0.6) is 5.75 Å². The van der Waals surface area contributed by atoms with Gasteiger partial charge in [0.25, 0.3) is 0 Å². The monoisotopic (exact) mass is 191 g/mol. The predicted octanol–water partition coefficient (Wildman–Crippen LogP) is 2.35. The van der Waals surface area contributed by atoms with Crippen molar-refractivity contribution in [3.05, 3.63) is 28.8 Å². The molecule has 2 heteroatoms. The summed E-state index contributed by atoms with van der Waals surface area (Å²) in [5.41, 5.74) is 9.14. The molecule has 3 N–H and O–H groups in total. The highest BCUT2D eigenvalue weighted by Gasteiger charge is 2.34. The fourth-order valence-electron chi connectivity index (χ4n) is 2.09. The Morgan fingerprint density at radius 2 is 1.71 bits per heavy atom. The Kier molecular flexibility index (Phi) is 2.04. The molecule has 1 fully saturated rings. The molecule has 2 nitrogen and oxygen atoms in total. The fraction of sp³-hybridized carbons (Fsp3) is 0.500. The molecule has 0 heterocycles. The normalized spacial score (nSPS) is 19.1. The Morgan fingerprint density at radius 3 is 2.07 bits per heavy atom. The highest BCUT2D eigenvalue weighted by Crippen LogP contribution is 2.40. The Morgan fingerprint density at radius 1 is 1.21 bits per heavy atom. The van der Waals surface area contributed by atoms with E-state index in [0.29, 0.717) is 5.75 Å². The Labute approximate surface area is 84.7 Å². The van der Waals surface area contributed by atoms with Gasteiger partial charge in [-0.15, -0.1) is 0 Å². The van der Waals surface area contributed by atoms with Crippen LogP contribution in [0.4, 0.5) is 0 Å². The molecule has 1 aromatic carbocycles. The van der Waals surface area contributed by atoms with Crippen LogP contribution in [0.25, 0.3) is 0 Å². The molecule has 0 spiro atoms. The lowest BCUT2D eigenvalue weighted by Gasteiger charge is -2.39. The number of phenolic OH excluding ortho intramolecular Hbond substituents is 1. The lowest BCUT2D eigenvalue weighted by Crippen LogP contribution is -2.43. The molecule has 0 aromatic heterocycles. The average molecular weight is 191 g/mol. The van der Waals surface area contributed by atoms with E-state index in [-0.39, 0.29) is 5.54 Å². The maximum absolute atomic E-state index is 9.65. The van der Waals surface area contributed by atoms with E-state index in [9.17, 15) is 5.11 Å². The predicted molar refractivity (Wildman–Crippen MR) is 57.3 cm³/mol. The minimum absolute atomic E-state index is 0.122. The zero-order chi connectivity index (χ0) is 10.3. The molecule has 0 saturated heterocycles. The van der Waals surface area contributed by atoms with Crippen LogP contribution in [-0.4, -0.2) is 5.11 Å². The van der Waals surface area contributed by atoms with Gasteiger partial charge in [0, 0.05) is 5.54 Å². The first kappa shape index (κ1) is 9.53. The van der Waals surface area contributed by atoms with Crippen molar-refractivity contribution in [2.24, 2.45) is 5.73 Å². The first-order valence-corrected chi connectivity index (χ1v) is 5.12. The van der Waals surface area contributed by atoms with Crippen LogP contribution in [0.3, 0.4) is 0 Å². The van der Waals surface area contributed by atoms with Gasteiger partial charge < -0.3 is 10.8 Å². The summed E-state index contributed by atoms with van der Waals surface area (Å²) in [4.78, 5) is 0. The van der Waals surface area contributed by atoms with E-state index in [2.05, 4.69) is 0 Å². The van der Waals surface area contributed by atoms with Crippen LogP contribution < -0.4 is 5.73 Å². The third kappa shape index (κ3) is 1.30. The Balaban J connectivity index is 2.45. The van der Waals surface area contributed by atoms with Gasteiger partial charge in [0.1, 0.15) is 5.75 Å². The maximum Gasteiger partial charge on any atom is 0.121 e. The van der Waals surface area contributed by atoms with E-state index >= 15 is 0 Å². The molecule has 1 aliphatic rings. The van der Waals surface area contributed by atoms with Crippen LogP contribution >= 0.6 is 0 Å². The van der Waals surface area contributed by atoms with Gasteiger partial charge in [-0.25, -0.2) is 0 Å². The summed E-state index contributed by atoms with van der Waals surface area (Å²) >= 11 is 0. The van der Waals surface area contributed by atoms with Crippen LogP contribution in [0, 0.1) is 13.8 Å². The number of aryl methyl sites for hydroxylation is 2. The number of benzene rings is 1. The van der Waals surface area contributed by atoms with Gasteiger partial charge in [-0.05, 0) is 49.8 Å². The smallest absolute Gasteiger partial charge is 0.121 e. The van der Waals surface area contributed by atoms with Gasteiger partial charge in [-0.2, -0.15) is 0 Å². The van der Waals surface area contributed by atoms with E-state index in [4.69, 9.17) is 5.73 Å². The highest BCUT2D eigenvalue weighted by atomic mass is 16.3. The van der Waals surface area contributed by atoms with E-state index in [1.807, 2.05) is 26.0 Å². The molecule has 1 aromatic rings. The number of phenols is 1. The molecule has 0 amide bonds. The van der Waals surface area contributed by atoms with E-state index in [0.717, 1.165) is 24.0 Å². The number of rotatable bonds is 1. The lowest BCUT2D eigenvalue weighted by atomic mass is 9.72. The third-order valence-corrected chi connectivity index (χ3v) is 3.31. The molecule has 0 bridgehead atoms. The van der Waals surface area contributed by atoms with Crippen LogP contribution in [0.2, 0.25) is 0 Å². The topological polar surface area (TPSA) is 46.2 Å². The second-order valence-electron chi connectivity index (χ2n) is 4.47. The first-order chi connectivity index (χ1) is 6.53. The molecule has 2 rings (SSSR count). The average Bonchev–Trinajstić information content (AvgIpc) is 2.09. The second-order valence-corrected chi connectivity index (χ2v) is 4.47. The van der Waals surface area contributed by atoms with Crippen molar-refractivity contribution in [3.8, 4) is 5.75 Å². The van der Waals surface area contributed by atoms with Gasteiger partial charge >= 0.3 is 0 Å². The molecular formula is C12H17NO. The largest absolute Gasteiger partial charge is 0.507 e. The standard InChI is InChI=1S/C12H17NO/c1-8-6-10(7-9(2)11(8)14)12(13)4-3-5-12/h6-7,14H,3-5,13H2,1-2H3. The van der Waals surface area contributed by atoms with Crippen molar-refractivity contribution < 1.29 is 5.11 Å². The summed E-state index contributed by atoms with van der Waals surface area (Å²) < 4.78 is 0. The minimum Gasteiger partial charge on any atom is -0.507 e. The minimum atomic E-state index is -0.122. The molecule has 0 unspecified atom stereocenters. The molecule has 0 radical (unpaired) electrons. The molecule has 76 valence electrons. The molecule has 0 atom stereocenters. The lowest BCUT2D eigenvalue weighted by molar-refractivity contribution is 0.253. The summed E-state index contributed by atoms with van der Waals surface area (Å²) in [7, 11) is 0. The molecule has 14 heavy (non-hydrogen) atoms. The van der Waals surface area contributed by atoms with Crippen molar-refractivity contribution in [2.75, 3.05) is 0 Å². The van der Waals surface area contributed by atoms with Gasteiger partial charge in [0.05, 0.1) is 0 Å². The Bertz CT molecular complexity index is 344. The van der Waals surface area contributed by atoms with Crippen molar-refractivity contribution >= 4 is 0 Å². The molecule has 1 aliphatic carbocycles. The first-order valence-electron chi connectivity index (χ1n) is 5.12. The SMILES string of the molecule is Cc1cc(C2(N)CCC2)cc(C)c1O. The van der Waals surface area contributed by atoms with Crippen molar-refractivity contribution in [3.63, 3.8) is 0 Å². The van der Waals surface area contributed by atoms with Crippen molar-refractivity contribution in [1.82, 2.24) is 0 Å². The summed E-state index contributed by atoms with van der Waals surface area (Å²) in [6.07, 6.45) is 3.35. The number of nitrogens with two attached hydrogens (primary N) is 1. The fourth-order valence-corrected chi connectivity index (χ4v) is 2.09. The zero-order valence-corrected chi connectivity index (χ0v) is 8.80. The number of aromatic hydroxyl groups is 1. The van der Waals surface area contributed by atoms with Crippen molar-refractivity contribution in [2.45, 2.75) is 38.6 Å². The summed E-state index contributed by atoms with van der Waals surface area (Å²) in [5.74, 6) is 0.400. The quantitative estimate of drug-likeness (QED) is 0.715. The number of hydrogen-bond donors (Lipinski definition) is 2. The second kappa shape index (κ2) is 2.99. The third-order valence-electron chi connectivity index (χ3n) is 3.31. The van der Waals surface area contributed by atoms with Gasteiger partial charge in [0.15, 0.2) is 0 Å². The Hall–Kier alpha value is -1.02. The molecule has 1 saturated carbocycles. The molecular weight excluding hydrogens is 174 g/mol. The van der Waals surface area contributed by atoms with Crippen LogP contribution in [0.15, 0.2) is 12.1 Å². The van der Waals surface area contributed by atoms with E-state index in [1.54, 1.807) is 0 Å². The molecule has 0 aliphatic heterocycles. The maximum atomic E-state index is 9.65. The van der Waals surface area contributed by atoms with Gasteiger partial charge in [-0.1, -0.05) is 12.1 Å². The van der Waals surface area contributed by atoms with Gasteiger partial charge in [0.2, 0.25) is 0 Å². The number of hydrogen-bond acceptors (Lipinski definition) is 2. The highest BCUT2D eigenvalue weighted by molar-refractivity contribution is 5.44. The van der Waals surface area contributed by atoms with E-state index in [1.165, 1.54) is 12.0 Å². The zero-order valence-electron chi connectivity index (χ0n) is 8.80. The summed E-state index contributed by atoms with van der Waals surface area (Å²) in [5, 5.41) is 9.65. The van der Waals surface area contributed by atoms with Crippen LogP contribution in [0.1, 0.15) is 36.0 Å².